The summed E-state index contributed by atoms with van der Waals surface area (Å²) in [6.45, 7) is 0. The fourth-order valence-corrected chi connectivity index (χ4v) is 2.58. The van der Waals surface area contributed by atoms with Crippen molar-refractivity contribution in [3.8, 4) is 10.6 Å². The highest BCUT2D eigenvalue weighted by atomic mass is 32.1. The van der Waals surface area contributed by atoms with Gasteiger partial charge in [-0.15, -0.1) is 0 Å². The van der Waals surface area contributed by atoms with Gasteiger partial charge in [0.25, 0.3) is 0 Å². The number of hydrogen-bond donors (Lipinski definition) is 0. The minimum atomic E-state index is 0.717. The third-order valence-electron chi connectivity index (χ3n) is 2.68. The van der Waals surface area contributed by atoms with E-state index < -0.39 is 0 Å². The first-order chi connectivity index (χ1) is 8.74. The Morgan fingerprint density at radius 2 is 1.72 bits per heavy atom. The molecule has 18 heavy (non-hydrogen) atoms. The Kier molecular flexibility index (Phi) is 2.68. The molecule has 0 radical (unpaired) electrons. The van der Waals surface area contributed by atoms with Crippen LogP contribution in [0.2, 0.25) is 0 Å². The van der Waals surface area contributed by atoms with Gasteiger partial charge in [0.05, 0.1) is 0 Å². The predicted molar refractivity (Wildman–Crippen MR) is 75.0 cm³/mol. The molecule has 0 atom stereocenters. The molecule has 5 heteroatoms. The molecule has 0 fully saturated rings. The molecule has 0 aliphatic rings. The van der Waals surface area contributed by atoms with Crippen LogP contribution in [0.5, 0.6) is 0 Å². The Hall–Kier alpha value is -2.01. The number of thiazole rings is 1. The van der Waals surface area contributed by atoms with Crippen molar-refractivity contribution in [1.82, 2.24) is 15.0 Å². The normalized spacial score (nSPS) is 10.8. The maximum atomic E-state index is 4.49. The molecule has 0 saturated heterocycles. The average molecular weight is 256 g/mol. The fourth-order valence-electron chi connectivity index (χ4n) is 1.70. The van der Waals surface area contributed by atoms with E-state index in [1.165, 1.54) is 5.69 Å². The quantitative estimate of drug-likeness (QED) is 0.707. The molecule has 4 nitrogen and oxygen atoms in total. The smallest absolute Gasteiger partial charge is 0.190 e. The Balaban J connectivity index is 2.03. The lowest BCUT2D eigenvalue weighted by molar-refractivity contribution is 1.13. The predicted octanol–water partition coefficient (Wildman–Crippen LogP) is 2.82. The van der Waals surface area contributed by atoms with Gasteiger partial charge in [0, 0.05) is 37.7 Å². The minimum Gasteiger partial charge on any atom is -0.378 e. The molecular weight excluding hydrogens is 244 g/mol. The maximum Gasteiger partial charge on any atom is 0.190 e. The summed E-state index contributed by atoms with van der Waals surface area (Å²) in [5, 5.41) is 0.960. The largest absolute Gasteiger partial charge is 0.378 e. The second-order valence-corrected chi connectivity index (χ2v) is 5.12. The van der Waals surface area contributed by atoms with Crippen molar-refractivity contribution < 1.29 is 0 Å². The summed E-state index contributed by atoms with van der Waals surface area (Å²) in [5.41, 5.74) is 3.00. The van der Waals surface area contributed by atoms with Gasteiger partial charge < -0.3 is 4.90 Å². The summed E-state index contributed by atoms with van der Waals surface area (Å²) >= 11 is 1.57. The van der Waals surface area contributed by atoms with Gasteiger partial charge >= 0.3 is 0 Å². The van der Waals surface area contributed by atoms with Gasteiger partial charge in [-0.2, -0.15) is 0 Å². The van der Waals surface area contributed by atoms with Gasteiger partial charge in [0.15, 0.2) is 10.5 Å². The van der Waals surface area contributed by atoms with E-state index in [4.69, 9.17) is 0 Å². The van der Waals surface area contributed by atoms with E-state index in [-0.39, 0.29) is 0 Å². The Morgan fingerprint density at radius 3 is 2.39 bits per heavy atom. The maximum absolute atomic E-state index is 4.49. The Morgan fingerprint density at radius 1 is 1.00 bits per heavy atom. The van der Waals surface area contributed by atoms with Crippen LogP contribution in [0, 0.1) is 0 Å². The van der Waals surface area contributed by atoms with Crippen molar-refractivity contribution in [3.63, 3.8) is 0 Å². The second kappa shape index (κ2) is 4.34. The number of fused-ring (bicyclic) bond motifs is 1. The van der Waals surface area contributed by atoms with Crippen LogP contribution in [0.1, 0.15) is 0 Å². The average Bonchev–Trinajstić information content (AvgIpc) is 2.82. The van der Waals surface area contributed by atoms with Gasteiger partial charge in [-0.3, -0.25) is 0 Å². The van der Waals surface area contributed by atoms with Gasteiger partial charge in [-0.1, -0.05) is 11.3 Å². The van der Waals surface area contributed by atoms with Crippen LogP contribution in [0.25, 0.3) is 21.0 Å². The van der Waals surface area contributed by atoms with Crippen LogP contribution in [0.15, 0.2) is 36.7 Å². The van der Waals surface area contributed by atoms with Crippen molar-refractivity contribution >= 4 is 27.5 Å². The van der Waals surface area contributed by atoms with Crippen LogP contribution >= 0.6 is 11.3 Å². The van der Waals surface area contributed by atoms with E-state index in [9.17, 15) is 0 Å². The summed E-state index contributed by atoms with van der Waals surface area (Å²) in [5.74, 6) is 0. The van der Waals surface area contributed by atoms with Gasteiger partial charge in [-0.25, -0.2) is 15.0 Å². The molecule has 0 bridgehead atoms. The number of nitrogens with zero attached hydrogens (tertiary/aromatic N) is 4. The number of rotatable bonds is 2. The zero-order valence-corrected chi connectivity index (χ0v) is 11.0. The second-order valence-electron chi connectivity index (χ2n) is 4.15. The van der Waals surface area contributed by atoms with E-state index in [0.717, 1.165) is 15.4 Å². The van der Waals surface area contributed by atoms with E-state index >= 15 is 0 Å². The van der Waals surface area contributed by atoms with Crippen molar-refractivity contribution in [2.24, 2.45) is 0 Å². The van der Waals surface area contributed by atoms with E-state index in [1.807, 2.05) is 14.1 Å². The highest BCUT2D eigenvalue weighted by molar-refractivity contribution is 7.21. The van der Waals surface area contributed by atoms with E-state index in [1.54, 1.807) is 23.7 Å². The summed E-state index contributed by atoms with van der Waals surface area (Å²) in [6.07, 6.45) is 3.36. The summed E-state index contributed by atoms with van der Waals surface area (Å²) in [6, 6.07) is 8.32. The first kappa shape index (κ1) is 11.1. The third-order valence-corrected chi connectivity index (χ3v) is 3.68. The lowest BCUT2D eigenvalue weighted by atomic mass is 10.2. The molecule has 0 aliphatic carbocycles. The molecule has 1 aromatic carbocycles. The van der Waals surface area contributed by atoms with Crippen molar-refractivity contribution in [1.29, 1.82) is 0 Å². The zero-order chi connectivity index (χ0) is 12.5. The monoisotopic (exact) mass is 256 g/mol. The minimum absolute atomic E-state index is 0.717. The van der Waals surface area contributed by atoms with Crippen LogP contribution in [0.3, 0.4) is 0 Å². The molecular formula is C13H12N4S. The van der Waals surface area contributed by atoms with Crippen LogP contribution in [-0.4, -0.2) is 29.0 Å². The molecule has 90 valence electrons. The summed E-state index contributed by atoms with van der Waals surface area (Å²) < 4.78 is 0. The molecule has 0 spiro atoms. The molecule has 2 aromatic heterocycles. The van der Waals surface area contributed by atoms with Crippen molar-refractivity contribution in [2.45, 2.75) is 0 Å². The SMILES string of the molecule is CN(C)c1ccc(-c2nc3nccnc3s2)cc1. The van der Waals surface area contributed by atoms with E-state index in [2.05, 4.69) is 44.1 Å². The van der Waals surface area contributed by atoms with Crippen LogP contribution in [0.4, 0.5) is 5.69 Å². The van der Waals surface area contributed by atoms with Gasteiger partial charge in [0.2, 0.25) is 0 Å². The van der Waals surface area contributed by atoms with Crippen molar-refractivity contribution in [3.05, 3.63) is 36.7 Å². The molecule has 2 heterocycles. The highest BCUT2D eigenvalue weighted by Crippen LogP contribution is 2.28. The van der Waals surface area contributed by atoms with E-state index in [0.29, 0.717) is 5.65 Å². The fraction of sp³-hybridized carbons (Fsp3) is 0.154. The highest BCUT2D eigenvalue weighted by Gasteiger charge is 2.07. The first-order valence-electron chi connectivity index (χ1n) is 5.59. The Labute approximate surface area is 109 Å². The topological polar surface area (TPSA) is 41.9 Å². The third kappa shape index (κ3) is 1.93. The summed E-state index contributed by atoms with van der Waals surface area (Å²) in [4.78, 5) is 15.9. The van der Waals surface area contributed by atoms with Gasteiger partial charge in [0.1, 0.15) is 5.01 Å². The van der Waals surface area contributed by atoms with Crippen LogP contribution < -0.4 is 4.90 Å². The molecule has 3 aromatic rings. The molecule has 0 aliphatic heterocycles. The number of anilines is 1. The number of hydrogen-bond acceptors (Lipinski definition) is 5. The Bertz CT molecular complexity index is 640. The number of benzene rings is 1. The summed E-state index contributed by atoms with van der Waals surface area (Å²) in [7, 11) is 4.06. The molecule has 0 saturated carbocycles. The zero-order valence-electron chi connectivity index (χ0n) is 10.2. The molecule has 0 unspecified atom stereocenters. The lowest BCUT2D eigenvalue weighted by Crippen LogP contribution is -2.07. The van der Waals surface area contributed by atoms with Crippen molar-refractivity contribution in [2.75, 3.05) is 19.0 Å². The molecule has 3 rings (SSSR count). The molecule has 0 N–H and O–H groups in total. The van der Waals surface area contributed by atoms with Crippen LogP contribution in [-0.2, 0) is 0 Å². The lowest BCUT2D eigenvalue weighted by Gasteiger charge is -2.11. The molecule has 0 amide bonds. The standard InChI is InChI=1S/C13H12N4S/c1-17(2)10-5-3-9(4-6-10)12-16-11-13(18-12)15-8-7-14-11/h3-8H,1-2H3. The number of aromatic nitrogens is 3. The van der Waals surface area contributed by atoms with Gasteiger partial charge in [-0.05, 0) is 24.3 Å². The first-order valence-corrected chi connectivity index (χ1v) is 6.41.